The Kier molecular flexibility index (Phi) is 16.1. The zero-order valence-electron chi connectivity index (χ0n) is 19.2. The van der Waals surface area contributed by atoms with E-state index in [0.29, 0.717) is 0 Å². The van der Waals surface area contributed by atoms with Gasteiger partial charge in [0.05, 0.1) is 33.3 Å². The Labute approximate surface area is 197 Å². The standard InChI is InChI=1S/C16H26N2O3.2C2HF3O2/c1-4-17-11-6-12-18(5-2)15(16(19)20)13-7-9-14(21-3)10-8-13;2*3-2(4,5)1(6)7/h7-10,15,17H,4-6,11-12H2,1-3H3,(H,19,20);2*(H,6,7). The lowest BCUT2D eigenvalue weighted by atomic mass is 10.0. The topological polar surface area (TPSA) is 148 Å². The molecule has 1 rings (SSSR count). The first-order chi connectivity index (χ1) is 16.0. The molecule has 202 valence electrons. The molecule has 0 saturated carbocycles. The van der Waals surface area contributed by atoms with Crippen molar-refractivity contribution in [2.24, 2.45) is 0 Å². The van der Waals surface area contributed by atoms with Crippen molar-refractivity contribution in [2.75, 3.05) is 33.3 Å². The molecule has 4 N–H and O–H groups in total. The number of carboxylic acid groups (broad SMARTS) is 3. The van der Waals surface area contributed by atoms with Crippen molar-refractivity contribution in [3.05, 3.63) is 29.8 Å². The molecule has 15 heteroatoms. The average Bonchev–Trinajstić information content (AvgIpc) is 2.75. The summed E-state index contributed by atoms with van der Waals surface area (Å²) in [6.45, 7) is 7.96. The van der Waals surface area contributed by atoms with E-state index in [9.17, 15) is 36.2 Å². The highest BCUT2D eigenvalue weighted by Crippen LogP contribution is 2.16. The monoisotopic (exact) mass is 522 g/mol. The first-order valence-electron chi connectivity index (χ1n) is 10.1. The van der Waals surface area contributed by atoms with E-state index in [2.05, 4.69) is 12.2 Å². The molecule has 0 aromatic heterocycles. The van der Waals surface area contributed by atoms with E-state index in [1.54, 1.807) is 7.11 Å². The molecule has 0 aliphatic carbocycles. The number of methoxy groups -OCH3 is 1. The van der Waals surface area contributed by atoms with Crippen LogP contribution in [0.15, 0.2) is 24.3 Å². The zero-order valence-corrected chi connectivity index (χ0v) is 19.2. The van der Waals surface area contributed by atoms with Gasteiger partial charge in [-0.2, -0.15) is 26.3 Å². The van der Waals surface area contributed by atoms with Crippen LogP contribution in [0, 0.1) is 0 Å². The number of carbonyl (C=O) groups excluding carboxylic acids is 2. The molecule has 0 aliphatic rings. The fourth-order valence-electron chi connectivity index (χ4n) is 2.55. The maximum atomic E-state index is 11.7. The van der Waals surface area contributed by atoms with E-state index in [1.807, 2.05) is 31.2 Å². The molecular formula is C20H28F6N2O7. The van der Waals surface area contributed by atoms with Crippen LogP contribution in [0.5, 0.6) is 5.75 Å². The molecule has 0 heterocycles. The number of likely N-dealkylation sites (N-methyl/N-ethyl adjacent to an activating group) is 1. The summed E-state index contributed by atoms with van der Waals surface area (Å²) < 4.78 is 68.2. The van der Waals surface area contributed by atoms with Gasteiger partial charge in [-0.1, -0.05) is 0 Å². The highest BCUT2D eigenvalue weighted by atomic mass is 19.4. The number of hydrogen-bond acceptors (Lipinski definition) is 6. The second kappa shape index (κ2) is 16.5. The summed E-state index contributed by atoms with van der Waals surface area (Å²) in [6, 6.07) is 6.84. The minimum atomic E-state index is -5.19. The molecule has 1 aromatic carbocycles. The van der Waals surface area contributed by atoms with Gasteiger partial charge in [0.2, 0.25) is 6.04 Å². The maximum absolute atomic E-state index is 11.7. The predicted octanol–water partition coefficient (Wildman–Crippen LogP) is -1.70. The number of carboxylic acids is 3. The number of carbonyl (C=O) groups is 3. The van der Waals surface area contributed by atoms with Crippen LogP contribution in [0.4, 0.5) is 26.3 Å². The van der Waals surface area contributed by atoms with Crippen LogP contribution in [-0.4, -0.2) is 68.7 Å². The summed E-state index contributed by atoms with van der Waals surface area (Å²) in [4.78, 5) is 30.3. The zero-order chi connectivity index (χ0) is 27.8. The van der Waals surface area contributed by atoms with Crippen molar-refractivity contribution in [3.8, 4) is 5.75 Å². The summed E-state index contributed by atoms with van der Waals surface area (Å²) in [5.41, 5.74) is 0.833. The van der Waals surface area contributed by atoms with Crippen LogP contribution >= 0.6 is 0 Å². The van der Waals surface area contributed by atoms with Crippen molar-refractivity contribution in [2.45, 2.75) is 38.7 Å². The number of alkyl halides is 6. The Morgan fingerprint density at radius 3 is 1.71 bits per heavy atom. The largest absolute Gasteiger partial charge is 0.542 e. The molecule has 0 bridgehead atoms. The number of ether oxygens (including phenoxy) is 1. The average molecular weight is 522 g/mol. The third kappa shape index (κ3) is 15.5. The minimum Gasteiger partial charge on any atom is -0.542 e. The fourth-order valence-corrected chi connectivity index (χ4v) is 2.55. The number of quaternary nitrogens is 2. The minimum absolute atomic E-state index is 0.512. The molecule has 0 amide bonds. The molecule has 1 aromatic rings. The molecule has 0 saturated heterocycles. The van der Waals surface area contributed by atoms with Crippen LogP contribution < -0.4 is 25.2 Å². The van der Waals surface area contributed by atoms with E-state index in [1.165, 1.54) is 0 Å². The number of hydrogen-bond donors (Lipinski definition) is 3. The second-order valence-electron chi connectivity index (χ2n) is 6.72. The Morgan fingerprint density at radius 2 is 1.43 bits per heavy atom. The van der Waals surface area contributed by atoms with Gasteiger partial charge in [0.25, 0.3) is 0 Å². The van der Waals surface area contributed by atoms with Crippen LogP contribution in [0.3, 0.4) is 0 Å². The van der Waals surface area contributed by atoms with Crippen LogP contribution in [0.2, 0.25) is 0 Å². The number of halogens is 6. The number of nitrogens with one attached hydrogen (secondary N) is 1. The van der Waals surface area contributed by atoms with Crippen LogP contribution in [-0.2, 0) is 14.4 Å². The van der Waals surface area contributed by atoms with Gasteiger partial charge >= 0.3 is 18.3 Å². The van der Waals surface area contributed by atoms with Crippen LogP contribution in [0.1, 0.15) is 31.9 Å². The Balaban J connectivity index is 0. The van der Waals surface area contributed by atoms with Gasteiger partial charge in [0.15, 0.2) is 0 Å². The smallest absolute Gasteiger partial charge is 0.430 e. The quantitative estimate of drug-likeness (QED) is 0.245. The third-order valence-corrected chi connectivity index (χ3v) is 4.22. The molecular weight excluding hydrogens is 494 g/mol. The lowest BCUT2D eigenvalue weighted by Crippen LogP contribution is -3.13. The maximum Gasteiger partial charge on any atom is 0.430 e. The lowest BCUT2D eigenvalue weighted by molar-refractivity contribution is -0.922. The van der Waals surface area contributed by atoms with E-state index >= 15 is 0 Å². The van der Waals surface area contributed by atoms with Gasteiger partial charge in [-0.3, -0.25) is 0 Å². The summed E-state index contributed by atoms with van der Waals surface area (Å²) >= 11 is 0. The van der Waals surface area contributed by atoms with Crippen molar-refractivity contribution in [1.82, 2.24) is 0 Å². The first-order valence-corrected chi connectivity index (χ1v) is 10.1. The SMILES string of the molecule is CC[NH2+]CCC[NH+](CC)C(C(=O)O)c1ccc(OC)cc1.O=C([O-])C(F)(F)F.O=C([O-])C(F)(F)F. The van der Waals surface area contributed by atoms with E-state index < -0.39 is 36.3 Å². The molecule has 0 aliphatic heterocycles. The summed E-state index contributed by atoms with van der Waals surface area (Å²) in [6.07, 6.45) is -9.36. The predicted molar refractivity (Wildman–Crippen MR) is 104 cm³/mol. The molecule has 0 radical (unpaired) electrons. The van der Waals surface area contributed by atoms with Crippen LogP contribution in [0.25, 0.3) is 0 Å². The highest BCUT2D eigenvalue weighted by Gasteiger charge is 2.30. The lowest BCUT2D eigenvalue weighted by Gasteiger charge is -2.24. The molecule has 9 nitrogen and oxygen atoms in total. The van der Waals surface area contributed by atoms with Gasteiger partial charge < -0.3 is 39.9 Å². The number of benzene rings is 1. The number of nitrogens with two attached hydrogens (primary N) is 1. The van der Waals surface area contributed by atoms with Crippen molar-refractivity contribution < 1.29 is 71.0 Å². The number of rotatable bonds is 10. The van der Waals surface area contributed by atoms with Gasteiger partial charge in [0.1, 0.15) is 17.7 Å². The van der Waals surface area contributed by atoms with Gasteiger partial charge in [0, 0.05) is 12.0 Å². The summed E-state index contributed by atoms with van der Waals surface area (Å²) in [5.74, 6) is -6.03. The van der Waals surface area contributed by atoms with E-state index in [-0.39, 0.29) is 0 Å². The molecule has 2 unspecified atom stereocenters. The number of aliphatic carboxylic acids is 3. The van der Waals surface area contributed by atoms with E-state index in [0.717, 1.165) is 48.8 Å². The molecule has 35 heavy (non-hydrogen) atoms. The molecule has 0 spiro atoms. The fraction of sp³-hybridized carbons (Fsp3) is 0.550. The van der Waals surface area contributed by atoms with Gasteiger partial charge in [-0.05, 0) is 38.1 Å². The van der Waals surface area contributed by atoms with Gasteiger partial charge in [-0.25, -0.2) is 4.79 Å². The van der Waals surface area contributed by atoms with Gasteiger partial charge in [-0.15, -0.1) is 0 Å². The Morgan fingerprint density at radius 1 is 1.00 bits per heavy atom. The van der Waals surface area contributed by atoms with Crippen molar-refractivity contribution in [1.29, 1.82) is 0 Å². The van der Waals surface area contributed by atoms with Crippen molar-refractivity contribution >= 4 is 17.9 Å². The summed E-state index contributed by atoms with van der Waals surface area (Å²) in [5, 5.41) is 29.4. The first kappa shape index (κ1) is 34.1. The summed E-state index contributed by atoms with van der Waals surface area (Å²) in [7, 11) is 1.61. The van der Waals surface area contributed by atoms with E-state index in [4.69, 9.17) is 24.5 Å². The second-order valence-corrected chi connectivity index (χ2v) is 6.72. The highest BCUT2D eigenvalue weighted by molar-refractivity contribution is 5.74. The normalized spacial score (nSPS) is 12.7. The van der Waals surface area contributed by atoms with Crippen molar-refractivity contribution in [3.63, 3.8) is 0 Å². The molecule has 0 fully saturated rings. The Hall–Kier alpha value is -3.07. The third-order valence-electron chi connectivity index (χ3n) is 4.22. The molecule has 2 atom stereocenters. The Bertz CT molecular complexity index is 747.